The number of likely N-dealkylation sites (tertiary alicyclic amines) is 1. The Morgan fingerprint density at radius 2 is 2.16 bits per heavy atom. The number of hydrogen-bond donors (Lipinski definition) is 0. The number of piperidine rings is 1. The monoisotopic (exact) mass is 265 g/mol. The number of hydrogen-bond acceptors (Lipinski definition) is 5. The summed E-state index contributed by atoms with van der Waals surface area (Å²) in [5, 5.41) is 0. The van der Waals surface area contributed by atoms with Gasteiger partial charge in [0.05, 0.1) is 25.5 Å². The lowest BCUT2D eigenvalue weighted by molar-refractivity contribution is -0.0123. The zero-order valence-electron chi connectivity index (χ0n) is 11.1. The summed E-state index contributed by atoms with van der Waals surface area (Å²) in [4.78, 5) is 21.9. The molecular weight excluding hydrogens is 246 g/mol. The van der Waals surface area contributed by atoms with Gasteiger partial charge in [0.25, 0.3) is 5.91 Å². The van der Waals surface area contributed by atoms with E-state index in [9.17, 15) is 4.79 Å². The van der Waals surface area contributed by atoms with Crippen LogP contribution in [0, 0.1) is 0 Å². The lowest BCUT2D eigenvalue weighted by Gasteiger charge is -2.31. The van der Waals surface area contributed by atoms with Crippen LogP contribution in [0.15, 0.2) is 18.6 Å². The summed E-state index contributed by atoms with van der Waals surface area (Å²) in [7, 11) is 1.66. The van der Waals surface area contributed by atoms with Crippen molar-refractivity contribution in [3.8, 4) is 0 Å². The van der Waals surface area contributed by atoms with Gasteiger partial charge < -0.3 is 14.4 Å². The molecule has 1 aromatic heterocycles. The van der Waals surface area contributed by atoms with E-state index >= 15 is 0 Å². The fraction of sp³-hybridized carbons (Fsp3) is 0.615. The maximum atomic E-state index is 12.1. The number of carbonyl (C=O) groups excluding carboxylic acids is 1. The molecule has 0 spiro atoms. The lowest BCUT2D eigenvalue weighted by Crippen LogP contribution is -2.41. The first kappa shape index (κ1) is 13.9. The van der Waals surface area contributed by atoms with Crippen molar-refractivity contribution in [3.63, 3.8) is 0 Å². The van der Waals surface area contributed by atoms with Gasteiger partial charge in [-0.05, 0) is 12.8 Å². The molecule has 1 fully saturated rings. The Balaban J connectivity index is 1.78. The smallest absolute Gasteiger partial charge is 0.274 e. The van der Waals surface area contributed by atoms with Crippen molar-refractivity contribution < 1.29 is 14.3 Å². The van der Waals surface area contributed by atoms with Crippen molar-refractivity contribution in [1.82, 2.24) is 14.9 Å². The van der Waals surface area contributed by atoms with E-state index in [1.165, 1.54) is 12.4 Å². The molecule has 1 aliphatic rings. The normalized spacial score (nSPS) is 16.6. The van der Waals surface area contributed by atoms with Crippen LogP contribution in [0.5, 0.6) is 0 Å². The van der Waals surface area contributed by atoms with E-state index in [0.29, 0.717) is 32.0 Å². The summed E-state index contributed by atoms with van der Waals surface area (Å²) in [5.41, 5.74) is 0.404. The van der Waals surface area contributed by atoms with Gasteiger partial charge in [0.1, 0.15) is 5.69 Å². The number of methoxy groups -OCH3 is 1. The Morgan fingerprint density at radius 3 is 2.79 bits per heavy atom. The van der Waals surface area contributed by atoms with E-state index in [1.807, 2.05) is 0 Å². The molecule has 0 saturated carbocycles. The number of carbonyl (C=O) groups is 1. The van der Waals surface area contributed by atoms with Crippen molar-refractivity contribution in [2.45, 2.75) is 18.9 Å². The molecule has 1 aliphatic heterocycles. The highest BCUT2D eigenvalue weighted by Crippen LogP contribution is 2.15. The van der Waals surface area contributed by atoms with Crippen LogP contribution in [0.1, 0.15) is 23.3 Å². The topological polar surface area (TPSA) is 64.6 Å². The van der Waals surface area contributed by atoms with Gasteiger partial charge in [0.15, 0.2) is 0 Å². The van der Waals surface area contributed by atoms with E-state index in [4.69, 9.17) is 9.47 Å². The zero-order chi connectivity index (χ0) is 13.5. The van der Waals surface area contributed by atoms with Crippen LogP contribution in [0.2, 0.25) is 0 Å². The highest BCUT2D eigenvalue weighted by molar-refractivity contribution is 5.92. The van der Waals surface area contributed by atoms with E-state index < -0.39 is 0 Å². The Morgan fingerprint density at radius 1 is 1.37 bits per heavy atom. The number of amides is 1. The Kier molecular flexibility index (Phi) is 5.23. The summed E-state index contributed by atoms with van der Waals surface area (Å²) in [5.74, 6) is -0.0524. The Bertz CT molecular complexity index is 391. The molecule has 0 atom stereocenters. The largest absolute Gasteiger partial charge is 0.382 e. The SMILES string of the molecule is COCCOC1CCN(C(=O)c2cnccn2)CC1. The van der Waals surface area contributed by atoms with Gasteiger partial charge in [0, 0.05) is 32.6 Å². The van der Waals surface area contributed by atoms with Crippen molar-refractivity contribution in [2.24, 2.45) is 0 Å². The van der Waals surface area contributed by atoms with Crippen LogP contribution in [0.4, 0.5) is 0 Å². The fourth-order valence-corrected chi connectivity index (χ4v) is 2.10. The molecule has 6 nitrogen and oxygen atoms in total. The van der Waals surface area contributed by atoms with Gasteiger partial charge >= 0.3 is 0 Å². The van der Waals surface area contributed by atoms with E-state index in [1.54, 1.807) is 18.2 Å². The molecule has 1 saturated heterocycles. The van der Waals surface area contributed by atoms with Gasteiger partial charge in [-0.25, -0.2) is 4.98 Å². The lowest BCUT2D eigenvalue weighted by atomic mass is 10.1. The van der Waals surface area contributed by atoms with Gasteiger partial charge in [-0.2, -0.15) is 0 Å². The summed E-state index contributed by atoms with van der Waals surface area (Å²) in [6.07, 6.45) is 6.54. The standard InChI is InChI=1S/C13H19N3O3/c1-18-8-9-19-11-2-6-16(7-3-11)13(17)12-10-14-4-5-15-12/h4-5,10-11H,2-3,6-9H2,1H3. The third-order valence-corrected chi connectivity index (χ3v) is 3.15. The van der Waals surface area contributed by atoms with Crippen LogP contribution >= 0.6 is 0 Å². The maximum absolute atomic E-state index is 12.1. The first-order valence-corrected chi connectivity index (χ1v) is 6.47. The van der Waals surface area contributed by atoms with Crippen molar-refractivity contribution in [2.75, 3.05) is 33.4 Å². The molecule has 0 aliphatic carbocycles. The highest BCUT2D eigenvalue weighted by Gasteiger charge is 2.24. The first-order valence-electron chi connectivity index (χ1n) is 6.47. The second-order valence-corrected chi connectivity index (χ2v) is 4.45. The van der Waals surface area contributed by atoms with Gasteiger partial charge in [-0.15, -0.1) is 0 Å². The first-order chi connectivity index (χ1) is 9.31. The summed E-state index contributed by atoms with van der Waals surface area (Å²) in [6.45, 7) is 2.62. The molecule has 1 aromatic rings. The predicted octanol–water partition coefficient (Wildman–Crippen LogP) is 0.744. The van der Waals surface area contributed by atoms with Crippen LogP contribution < -0.4 is 0 Å². The second kappa shape index (κ2) is 7.16. The Hall–Kier alpha value is -1.53. The molecule has 19 heavy (non-hydrogen) atoms. The van der Waals surface area contributed by atoms with Crippen molar-refractivity contribution in [3.05, 3.63) is 24.3 Å². The summed E-state index contributed by atoms with van der Waals surface area (Å²) in [6, 6.07) is 0. The minimum absolute atomic E-state index is 0.0524. The molecule has 2 rings (SSSR count). The minimum atomic E-state index is -0.0524. The van der Waals surface area contributed by atoms with Gasteiger partial charge in [-0.3, -0.25) is 9.78 Å². The van der Waals surface area contributed by atoms with Crippen LogP contribution in [0.25, 0.3) is 0 Å². The quantitative estimate of drug-likeness (QED) is 0.735. The molecule has 2 heterocycles. The van der Waals surface area contributed by atoms with Crippen LogP contribution in [-0.2, 0) is 9.47 Å². The molecule has 0 bridgehead atoms. The molecule has 104 valence electrons. The number of ether oxygens (including phenoxy) is 2. The third kappa shape index (κ3) is 3.97. The predicted molar refractivity (Wildman–Crippen MR) is 68.8 cm³/mol. The van der Waals surface area contributed by atoms with Crippen LogP contribution in [0.3, 0.4) is 0 Å². The summed E-state index contributed by atoms with van der Waals surface area (Å²) >= 11 is 0. The molecule has 0 radical (unpaired) electrons. The van der Waals surface area contributed by atoms with Crippen LogP contribution in [-0.4, -0.2) is 60.3 Å². The molecule has 6 heteroatoms. The maximum Gasteiger partial charge on any atom is 0.274 e. The second-order valence-electron chi connectivity index (χ2n) is 4.45. The summed E-state index contributed by atoms with van der Waals surface area (Å²) < 4.78 is 10.6. The number of nitrogens with zero attached hydrogens (tertiary/aromatic N) is 3. The fourth-order valence-electron chi connectivity index (χ4n) is 2.10. The highest BCUT2D eigenvalue weighted by atomic mass is 16.5. The molecule has 0 aromatic carbocycles. The minimum Gasteiger partial charge on any atom is -0.382 e. The average Bonchev–Trinajstić information content (AvgIpc) is 2.48. The molecular formula is C13H19N3O3. The number of aromatic nitrogens is 2. The van der Waals surface area contributed by atoms with Crippen molar-refractivity contribution in [1.29, 1.82) is 0 Å². The molecule has 0 N–H and O–H groups in total. The molecule has 0 unspecified atom stereocenters. The van der Waals surface area contributed by atoms with E-state index in [-0.39, 0.29) is 12.0 Å². The van der Waals surface area contributed by atoms with Gasteiger partial charge in [0.2, 0.25) is 0 Å². The van der Waals surface area contributed by atoms with Crippen molar-refractivity contribution >= 4 is 5.91 Å². The van der Waals surface area contributed by atoms with Gasteiger partial charge in [-0.1, -0.05) is 0 Å². The number of rotatable bonds is 5. The van der Waals surface area contributed by atoms with E-state index in [0.717, 1.165) is 12.8 Å². The Labute approximate surface area is 112 Å². The zero-order valence-corrected chi connectivity index (χ0v) is 11.1. The average molecular weight is 265 g/mol. The van der Waals surface area contributed by atoms with E-state index in [2.05, 4.69) is 9.97 Å². The molecule has 1 amide bonds. The third-order valence-electron chi connectivity index (χ3n) is 3.15.